The molecule has 0 aliphatic rings. The average Bonchev–Trinajstić information content (AvgIpc) is 2.19. The number of aromatic nitrogens is 1. The van der Waals surface area contributed by atoms with E-state index in [-0.39, 0.29) is 21.1 Å². The van der Waals surface area contributed by atoms with Crippen LogP contribution in [0.1, 0.15) is 6.92 Å². The van der Waals surface area contributed by atoms with E-state index in [2.05, 4.69) is 9.71 Å². The van der Waals surface area contributed by atoms with Crippen molar-refractivity contribution in [3.05, 3.63) is 22.4 Å². The minimum Gasteiger partial charge on any atom is -0.308 e. The molecular formula is C10H15Cl2N3O2S. The van der Waals surface area contributed by atoms with Crippen molar-refractivity contribution in [3.63, 3.8) is 0 Å². The molecule has 1 heterocycles. The molecule has 1 aromatic rings. The van der Waals surface area contributed by atoms with E-state index >= 15 is 0 Å². The molecule has 18 heavy (non-hydrogen) atoms. The first-order chi connectivity index (χ1) is 8.22. The number of pyridine rings is 1. The largest absolute Gasteiger partial charge is 0.308 e. The minimum absolute atomic E-state index is 0.00232. The summed E-state index contributed by atoms with van der Waals surface area (Å²) >= 11 is 11.4. The second-order valence-electron chi connectivity index (χ2n) is 4.23. The van der Waals surface area contributed by atoms with Gasteiger partial charge < -0.3 is 4.90 Å². The average molecular weight is 312 g/mol. The summed E-state index contributed by atoms with van der Waals surface area (Å²) in [5, 5.41) is 0.191. The summed E-state index contributed by atoms with van der Waals surface area (Å²) in [6.45, 7) is 2.37. The van der Waals surface area contributed by atoms with E-state index in [1.807, 2.05) is 19.0 Å². The van der Waals surface area contributed by atoms with Crippen molar-refractivity contribution in [1.82, 2.24) is 14.6 Å². The highest BCUT2D eigenvalue weighted by molar-refractivity contribution is 7.89. The van der Waals surface area contributed by atoms with Gasteiger partial charge in [0.1, 0.15) is 10.0 Å². The van der Waals surface area contributed by atoms with Gasteiger partial charge in [-0.25, -0.2) is 18.1 Å². The lowest BCUT2D eigenvalue weighted by Gasteiger charge is -2.18. The number of hydrogen-bond donors (Lipinski definition) is 1. The maximum absolute atomic E-state index is 12.0. The van der Waals surface area contributed by atoms with Crippen LogP contribution in [0.25, 0.3) is 0 Å². The predicted molar refractivity (Wildman–Crippen MR) is 72.6 cm³/mol. The highest BCUT2D eigenvalue weighted by Gasteiger charge is 2.19. The van der Waals surface area contributed by atoms with Crippen LogP contribution in [-0.4, -0.2) is 45.0 Å². The first-order valence-corrected chi connectivity index (χ1v) is 7.44. The summed E-state index contributed by atoms with van der Waals surface area (Å²) in [5.74, 6) is 0. The molecule has 0 saturated carbocycles. The normalized spacial score (nSPS) is 13.9. The first kappa shape index (κ1) is 15.7. The zero-order valence-electron chi connectivity index (χ0n) is 10.3. The molecular weight excluding hydrogens is 297 g/mol. The number of nitrogens with zero attached hydrogens (tertiary/aromatic N) is 2. The van der Waals surface area contributed by atoms with E-state index in [0.29, 0.717) is 6.54 Å². The van der Waals surface area contributed by atoms with Crippen LogP contribution in [0.15, 0.2) is 17.2 Å². The van der Waals surface area contributed by atoms with E-state index in [0.717, 1.165) is 0 Å². The van der Waals surface area contributed by atoms with Gasteiger partial charge in [-0.3, -0.25) is 0 Å². The minimum atomic E-state index is -3.63. The molecule has 5 nitrogen and oxygen atoms in total. The second-order valence-corrected chi connectivity index (χ2v) is 6.71. The fraction of sp³-hybridized carbons (Fsp3) is 0.500. The van der Waals surface area contributed by atoms with Crippen LogP contribution in [0.5, 0.6) is 0 Å². The number of sulfonamides is 1. The van der Waals surface area contributed by atoms with Gasteiger partial charge in [-0.05, 0) is 27.1 Å². The molecule has 0 radical (unpaired) electrons. The lowest BCUT2D eigenvalue weighted by atomic mass is 10.3. The topological polar surface area (TPSA) is 62.3 Å². The Morgan fingerprint density at radius 3 is 2.56 bits per heavy atom. The van der Waals surface area contributed by atoms with Gasteiger partial charge in [0.15, 0.2) is 0 Å². The molecule has 0 bridgehead atoms. The smallest absolute Gasteiger partial charge is 0.242 e. The Balaban J connectivity index is 2.89. The molecule has 1 N–H and O–H groups in total. The van der Waals surface area contributed by atoms with Gasteiger partial charge in [-0.2, -0.15) is 0 Å². The molecule has 0 amide bonds. The Bertz CT molecular complexity index is 520. The predicted octanol–water partition coefficient (Wildman–Crippen LogP) is 1.62. The molecule has 1 unspecified atom stereocenters. The van der Waals surface area contributed by atoms with E-state index in [9.17, 15) is 8.42 Å². The van der Waals surface area contributed by atoms with Crippen LogP contribution in [0.3, 0.4) is 0 Å². The molecule has 1 aromatic heterocycles. The quantitative estimate of drug-likeness (QED) is 0.839. The monoisotopic (exact) mass is 311 g/mol. The summed E-state index contributed by atoms with van der Waals surface area (Å²) in [6.07, 6.45) is 1.18. The summed E-state index contributed by atoms with van der Waals surface area (Å²) in [5.41, 5.74) is 0. The Morgan fingerprint density at radius 2 is 2.06 bits per heavy atom. The fourth-order valence-corrected chi connectivity index (χ4v) is 3.01. The second kappa shape index (κ2) is 6.16. The Kier molecular flexibility index (Phi) is 5.36. The number of hydrogen-bond acceptors (Lipinski definition) is 4. The number of halogens is 2. The van der Waals surface area contributed by atoms with Gasteiger partial charge in [-0.1, -0.05) is 23.2 Å². The summed E-state index contributed by atoms with van der Waals surface area (Å²) in [7, 11) is 0.107. The number of nitrogens with one attached hydrogen (secondary N) is 1. The van der Waals surface area contributed by atoms with Crippen molar-refractivity contribution < 1.29 is 8.42 Å². The highest BCUT2D eigenvalue weighted by atomic mass is 35.5. The molecule has 1 atom stereocenters. The molecule has 0 aliphatic heterocycles. The summed E-state index contributed by atoms with van der Waals surface area (Å²) in [4.78, 5) is 5.61. The zero-order chi connectivity index (χ0) is 13.9. The van der Waals surface area contributed by atoms with E-state index in [1.54, 1.807) is 6.92 Å². The maximum Gasteiger partial charge on any atom is 0.242 e. The van der Waals surface area contributed by atoms with Crippen molar-refractivity contribution in [1.29, 1.82) is 0 Å². The molecule has 0 aliphatic carbocycles. The van der Waals surface area contributed by atoms with Crippen LogP contribution in [0.2, 0.25) is 10.2 Å². The van der Waals surface area contributed by atoms with Crippen LogP contribution >= 0.6 is 23.2 Å². The molecule has 8 heteroatoms. The van der Waals surface area contributed by atoms with Crippen molar-refractivity contribution >= 4 is 33.2 Å². The van der Waals surface area contributed by atoms with Gasteiger partial charge in [0.2, 0.25) is 10.0 Å². The maximum atomic E-state index is 12.0. The summed E-state index contributed by atoms with van der Waals surface area (Å²) in [6, 6.07) is 1.06. The Hall–Kier alpha value is -0.400. The molecule has 102 valence electrons. The molecule has 0 saturated heterocycles. The van der Waals surface area contributed by atoms with Gasteiger partial charge in [0, 0.05) is 18.8 Å². The Morgan fingerprint density at radius 1 is 1.44 bits per heavy atom. The molecule has 0 aromatic carbocycles. The third-order valence-corrected chi connectivity index (χ3v) is 4.32. The van der Waals surface area contributed by atoms with E-state index < -0.39 is 10.0 Å². The molecule has 1 rings (SSSR count). The lowest BCUT2D eigenvalue weighted by Crippen LogP contribution is -2.39. The summed E-state index contributed by atoms with van der Waals surface area (Å²) < 4.78 is 26.6. The third kappa shape index (κ3) is 4.37. The highest BCUT2D eigenvalue weighted by Crippen LogP contribution is 2.22. The van der Waals surface area contributed by atoms with Crippen LogP contribution in [0, 0.1) is 0 Å². The number of likely N-dealkylation sites (N-methyl/N-ethyl adjacent to an activating group) is 1. The zero-order valence-corrected chi connectivity index (χ0v) is 12.6. The fourth-order valence-electron chi connectivity index (χ4n) is 1.47. The van der Waals surface area contributed by atoms with Crippen molar-refractivity contribution in [3.8, 4) is 0 Å². The molecule has 0 spiro atoms. The van der Waals surface area contributed by atoms with Gasteiger partial charge in [0.25, 0.3) is 0 Å². The van der Waals surface area contributed by atoms with Gasteiger partial charge in [0.05, 0.1) is 5.02 Å². The van der Waals surface area contributed by atoms with Crippen LogP contribution < -0.4 is 4.72 Å². The SMILES string of the molecule is CC(CN(C)C)NS(=O)(=O)c1cnc(Cl)c(Cl)c1. The standard InChI is InChI=1S/C10H15Cl2N3O2S/c1-7(6-15(2)3)14-18(16,17)8-4-9(11)10(12)13-5-8/h4-5,7,14H,6H2,1-3H3. The van der Waals surface area contributed by atoms with Crippen LogP contribution in [0.4, 0.5) is 0 Å². The van der Waals surface area contributed by atoms with E-state index in [1.165, 1.54) is 12.3 Å². The van der Waals surface area contributed by atoms with E-state index in [4.69, 9.17) is 23.2 Å². The van der Waals surface area contributed by atoms with Crippen LogP contribution in [-0.2, 0) is 10.0 Å². The van der Waals surface area contributed by atoms with Crippen molar-refractivity contribution in [2.45, 2.75) is 17.9 Å². The molecule has 0 fully saturated rings. The van der Waals surface area contributed by atoms with Crippen molar-refractivity contribution in [2.24, 2.45) is 0 Å². The first-order valence-electron chi connectivity index (χ1n) is 5.20. The van der Waals surface area contributed by atoms with Gasteiger partial charge in [-0.15, -0.1) is 0 Å². The number of rotatable bonds is 5. The van der Waals surface area contributed by atoms with Crippen molar-refractivity contribution in [2.75, 3.05) is 20.6 Å². The lowest BCUT2D eigenvalue weighted by molar-refractivity contribution is 0.370. The van der Waals surface area contributed by atoms with Gasteiger partial charge >= 0.3 is 0 Å². The third-order valence-electron chi connectivity index (χ3n) is 2.08. The Labute approximate surface area is 117 Å².